The molecule has 2 aromatic carbocycles. The summed E-state index contributed by atoms with van der Waals surface area (Å²) < 4.78 is 2.94. The summed E-state index contributed by atoms with van der Waals surface area (Å²) in [5, 5.41) is 4.94. The van der Waals surface area contributed by atoms with Gasteiger partial charge in [-0.05, 0) is 46.9 Å². The lowest BCUT2D eigenvalue weighted by Crippen LogP contribution is -2.13. The Hall–Kier alpha value is -2.19. The number of benzene rings is 2. The predicted octanol–water partition coefficient (Wildman–Crippen LogP) is 4.92. The van der Waals surface area contributed by atoms with Crippen molar-refractivity contribution in [1.29, 1.82) is 0 Å². The van der Waals surface area contributed by atoms with Gasteiger partial charge in [-0.15, -0.1) is 11.3 Å². The van der Waals surface area contributed by atoms with Gasteiger partial charge in [0.15, 0.2) is 4.96 Å². The van der Waals surface area contributed by atoms with Crippen LogP contribution in [0.25, 0.3) is 16.2 Å². The van der Waals surface area contributed by atoms with Crippen molar-refractivity contribution in [2.24, 2.45) is 0 Å². The first-order valence-electron chi connectivity index (χ1n) is 7.29. The molecule has 0 unspecified atom stereocenters. The Labute approximate surface area is 156 Å². The van der Waals surface area contributed by atoms with Gasteiger partial charge < -0.3 is 5.32 Å². The molecule has 0 fully saturated rings. The van der Waals surface area contributed by atoms with Crippen LogP contribution in [-0.2, 0) is 0 Å². The Bertz CT molecular complexity index is 992. The van der Waals surface area contributed by atoms with Gasteiger partial charge in [0.25, 0.3) is 5.91 Å². The molecule has 0 aliphatic carbocycles. The summed E-state index contributed by atoms with van der Waals surface area (Å²) in [5.41, 5.74) is 3.40. The van der Waals surface area contributed by atoms with Gasteiger partial charge in [0.2, 0.25) is 0 Å². The number of nitrogens with one attached hydrogen (secondary N) is 1. The standard InChI is InChI=1S/C18H12IN3OS/c19-15-4-2-1-3-14(15)17(23)20-13-7-5-12(6-8-13)16-11-22-9-10-24-18(22)21-16/h1-11H,(H,20,23). The zero-order valence-electron chi connectivity index (χ0n) is 12.4. The maximum absolute atomic E-state index is 12.3. The minimum Gasteiger partial charge on any atom is -0.322 e. The highest BCUT2D eigenvalue weighted by molar-refractivity contribution is 14.1. The lowest BCUT2D eigenvalue weighted by Gasteiger charge is -2.07. The molecule has 0 aliphatic heterocycles. The van der Waals surface area contributed by atoms with Crippen molar-refractivity contribution in [2.75, 3.05) is 5.32 Å². The fourth-order valence-corrected chi connectivity index (χ4v) is 3.77. The van der Waals surface area contributed by atoms with Crippen molar-refractivity contribution in [3.05, 3.63) is 75.4 Å². The number of carbonyl (C=O) groups is 1. The number of rotatable bonds is 3. The topological polar surface area (TPSA) is 46.4 Å². The number of thiazole rings is 1. The third kappa shape index (κ3) is 2.94. The molecule has 0 aliphatic rings. The van der Waals surface area contributed by atoms with Crippen LogP contribution in [0.1, 0.15) is 10.4 Å². The third-order valence-electron chi connectivity index (χ3n) is 3.65. The first-order chi connectivity index (χ1) is 11.7. The van der Waals surface area contributed by atoms with Crippen LogP contribution in [-0.4, -0.2) is 15.3 Å². The summed E-state index contributed by atoms with van der Waals surface area (Å²) in [7, 11) is 0. The average molecular weight is 445 g/mol. The summed E-state index contributed by atoms with van der Waals surface area (Å²) in [6.45, 7) is 0. The molecule has 0 spiro atoms. The zero-order valence-corrected chi connectivity index (χ0v) is 15.4. The SMILES string of the molecule is O=C(Nc1ccc(-c2cn3ccsc3n2)cc1)c1ccccc1I. The summed E-state index contributed by atoms with van der Waals surface area (Å²) in [6.07, 6.45) is 4.00. The van der Waals surface area contributed by atoms with E-state index in [1.54, 1.807) is 11.3 Å². The van der Waals surface area contributed by atoms with Crippen LogP contribution in [0, 0.1) is 3.57 Å². The fraction of sp³-hybridized carbons (Fsp3) is 0. The van der Waals surface area contributed by atoms with E-state index >= 15 is 0 Å². The maximum atomic E-state index is 12.3. The number of imidazole rings is 1. The van der Waals surface area contributed by atoms with Gasteiger partial charge in [-0.2, -0.15) is 0 Å². The number of aromatic nitrogens is 2. The Balaban J connectivity index is 1.54. The minimum atomic E-state index is -0.102. The van der Waals surface area contributed by atoms with Crippen molar-refractivity contribution in [3.8, 4) is 11.3 Å². The lowest BCUT2D eigenvalue weighted by molar-refractivity contribution is 0.102. The Morgan fingerprint density at radius 2 is 1.92 bits per heavy atom. The van der Waals surface area contributed by atoms with Crippen LogP contribution >= 0.6 is 33.9 Å². The summed E-state index contributed by atoms with van der Waals surface area (Å²) in [5.74, 6) is -0.102. The Morgan fingerprint density at radius 1 is 1.12 bits per heavy atom. The van der Waals surface area contributed by atoms with Crippen molar-refractivity contribution < 1.29 is 4.79 Å². The molecule has 0 saturated carbocycles. The third-order valence-corrected chi connectivity index (χ3v) is 5.36. The van der Waals surface area contributed by atoms with Gasteiger partial charge in [0, 0.05) is 32.6 Å². The van der Waals surface area contributed by atoms with Gasteiger partial charge in [-0.25, -0.2) is 4.98 Å². The van der Waals surface area contributed by atoms with E-state index in [2.05, 4.69) is 32.9 Å². The van der Waals surface area contributed by atoms with Gasteiger partial charge in [0.05, 0.1) is 11.3 Å². The first kappa shape index (κ1) is 15.3. The molecule has 0 atom stereocenters. The van der Waals surface area contributed by atoms with Gasteiger partial charge in [-0.3, -0.25) is 9.20 Å². The normalized spacial score (nSPS) is 10.9. The monoisotopic (exact) mass is 445 g/mol. The zero-order chi connectivity index (χ0) is 16.5. The molecule has 0 radical (unpaired) electrons. The molecule has 2 heterocycles. The number of halogens is 1. The number of nitrogens with zero attached hydrogens (tertiary/aromatic N) is 2. The highest BCUT2D eigenvalue weighted by Crippen LogP contribution is 2.23. The highest BCUT2D eigenvalue weighted by atomic mass is 127. The molecule has 4 nitrogen and oxygen atoms in total. The van der Waals surface area contributed by atoms with Crippen molar-refractivity contribution in [3.63, 3.8) is 0 Å². The van der Waals surface area contributed by atoms with E-state index in [1.807, 2.05) is 70.7 Å². The van der Waals surface area contributed by atoms with E-state index < -0.39 is 0 Å². The number of hydrogen-bond acceptors (Lipinski definition) is 3. The number of anilines is 1. The second-order valence-electron chi connectivity index (χ2n) is 5.23. The number of amides is 1. The number of carbonyl (C=O) groups excluding carboxylic acids is 1. The molecule has 1 amide bonds. The Kier molecular flexibility index (Phi) is 4.07. The number of hydrogen-bond donors (Lipinski definition) is 1. The largest absolute Gasteiger partial charge is 0.322 e. The van der Waals surface area contributed by atoms with Crippen LogP contribution in [0.4, 0.5) is 5.69 Å². The molecule has 24 heavy (non-hydrogen) atoms. The molecule has 1 N–H and O–H groups in total. The Morgan fingerprint density at radius 3 is 2.67 bits per heavy atom. The van der Waals surface area contributed by atoms with E-state index in [0.717, 1.165) is 25.5 Å². The molecule has 4 aromatic rings. The van der Waals surface area contributed by atoms with Crippen molar-refractivity contribution in [2.45, 2.75) is 0 Å². The highest BCUT2D eigenvalue weighted by Gasteiger charge is 2.10. The van der Waals surface area contributed by atoms with Crippen LogP contribution in [0.5, 0.6) is 0 Å². The minimum absolute atomic E-state index is 0.102. The van der Waals surface area contributed by atoms with Gasteiger partial charge in [0.1, 0.15) is 0 Å². The second kappa shape index (κ2) is 6.37. The molecule has 2 aromatic heterocycles. The summed E-state index contributed by atoms with van der Waals surface area (Å²) in [6, 6.07) is 15.3. The summed E-state index contributed by atoms with van der Waals surface area (Å²) >= 11 is 3.77. The quantitative estimate of drug-likeness (QED) is 0.455. The number of fused-ring (bicyclic) bond motifs is 1. The fourth-order valence-electron chi connectivity index (χ4n) is 2.43. The molecule has 6 heteroatoms. The molecule has 4 rings (SSSR count). The van der Waals surface area contributed by atoms with E-state index in [4.69, 9.17) is 0 Å². The van der Waals surface area contributed by atoms with Crippen LogP contribution in [0.2, 0.25) is 0 Å². The van der Waals surface area contributed by atoms with E-state index in [9.17, 15) is 4.79 Å². The molecule has 0 saturated heterocycles. The van der Waals surface area contributed by atoms with Crippen LogP contribution < -0.4 is 5.32 Å². The second-order valence-corrected chi connectivity index (χ2v) is 7.27. The van der Waals surface area contributed by atoms with Gasteiger partial charge >= 0.3 is 0 Å². The van der Waals surface area contributed by atoms with Gasteiger partial charge in [-0.1, -0.05) is 24.3 Å². The van der Waals surface area contributed by atoms with Crippen LogP contribution in [0.3, 0.4) is 0 Å². The van der Waals surface area contributed by atoms with Crippen LogP contribution in [0.15, 0.2) is 66.3 Å². The van der Waals surface area contributed by atoms with Crippen molar-refractivity contribution >= 4 is 50.5 Å². The molecule has 118 valence electrons. The molecular weight excluding hydrogens is 433 g/mol. The first-order valence-corrected chi connectivity index (χ1v) is 9.25. The van der Waals surface area contributed by atoms with E-state index in [1.165, 1.54) is 0 Å². The smallest absolute Gasteiger partial charge is 0.256 e. The summed E-state index contributed by atoms with van der Waals surface area (Å²) in [4.78, 5) is 17.9. The average Bonchev–Trinajstić information content (AvgIpc) is 3.17. The molecular formula is C18H12IN3OS. The maximum Gasteiger partial charge on any atom is 0.256 e. The molecule has 0 bridgehead atoms. The van der Waals surface area contributed by atoms with Crippen molar-refractivity contribution in [1.82, 2.24) is 9.38 Å². The van der Waals surface area contributed by atoms with E-state index in [0.29, 0.717) is 5.56 Å². The predicted molar refractivity (Wildman–Crippen MR) is 106 cm³/mol. The lowest BCUT2D eigenvalue weighted by atomic mass is 10.1. The van der Waals surface area contributed by atoms with E-state index in [-0.39, 0.29) is 5.91 Å².